The highest BCUT2D eigenvalue weighted by atomic mass is 16.5. The van der Waals surface area contributed by atoms with Gasteiger partial charge in [-0.25, -0.2) is 0 Å². The summed E-state index contributed by atoms with van der Waals surface area (Å²) >= 11 is 0. The molecule has 1 unspecified atom stereocenters. The summed E-state index contributed by atoms with van der Waals surface area (Å²) in [5.74, 6) is 1.50. The molecule has 1 atom stereocenters. The van der Waals surface area contributed by atoms with Gasteiger partial charge in [-0.05, 0) is 44.6 Å². The summed E-state index contributed by atoms with van der Waals surface area (Å²) in [4.78, 5) is 0. The molecular weight excluding hydrogens is 230 g/mol. The van der Waals surface area contributed by atoms with Gasteiger partial charge >= 0.3 is 0 Å². The van der Waals surface area contributed by atoms with Crippen LogP contribution in [0.2, 0.25) is 0 Å². The van der Waals surface area contributed by atoms with Crippen molar-refractivity contribution in [2.45, 2.75) is 25.4 Å². The van der Waals surface area contributed by atoms with Crippen LogP contribution in [0, 0.1) is 0 Å². The number of hydrogen-bond donors (Lipinski definition) is 2. The number of aliphatic hydroxyl groups is 1. The predicted molar refractivity (Wildman–Crippen MR) is 70.2 cm³/mol. The van der Waals surface area contributed by atoms with E-state index in [0.717, 1.165) is 30.0 Å². The Labute approximate surface area is 108 Å². The molecule has 4 heteroatoms. The topological polar surface area (TPSA) is 50.7 Å². The SMILES string of the molecule is CNCCC(C)(O)c1ccc2c(c1)OCCCO2. The van der Waals surface area contributed by atoms with Crippen LogP contribution in [-0.4, -0.2) is 31.9 Å². The Hall–Kier alpha value is -1.26. The first-order valence-corrected chi connectivity index (χ1v) is 6.40. The Balaban J connectivity index is 2.21. The van der Waals surface area contributed by atoms with Crippen LogP contribution >= 0.6 is 0 Å². The minimum Gasteiger partial charge on any atom is -0.490 e. The van der Waals surface area contributed by atoms with Crippen LogP contribution in [-0.2, 0) is 5.60 Å². The van der Waals surface area contributed by atoms with Gasteiger partial charge in [0.05, 0.1) is 18.8 Å². The van der Waals surface area contributed by atoms with Crippen molar-refractivity contribution in [3.05, 3.63) is 23.8 Å². The van der Waals surface area contributed by atoms with Gasteiger partial charge in [0.15, 0.2) is 11.5 Å². The van der Waals surface area contributed by atoms with Gasteiger partial charge in [0.25, 0.3) is 0 Å². The molecule has 4 nitrogen and oxygen atoms in total. The van der Waals surface area contributed by atoms with Crippen molar-refractivity contribution in [1.82, 2.24) is 5.32 Å². The van der Waals surface area contributed by atoms with Gasteiger partial charge in [-0.1, -0.05) is 6.07 Å². The smallest absolute Gasteiger partial charge is 0.161 e. The Kier molecular flexibility index (Phi) is 4.09. The first kappa shape index (κ1) is 13.2. The Morgan fingerprint density at radius 2 is 2.00 bits per heavy atom. The third-order valence-electron chi connectivity index (χ3n) is 3.23. The van der Waals surface area contributed by atoms with Crippen LogP contribution in [0.1, 0.15) is 25.3 Å². The summed E-state index contributed by atoms with van der Waals surface area (Å²) in [6, 6.07) is 5.67. The molecule has 0 saturated heterocycles. The van der Waals surface area contributed by atoms with Crippen molar-refractivity contribution in [3.8, 4) is 11.5 Å². The molecule has 1 aliphatic rings. The molecule has 0 saturated carbocycles. The predicted octanol–water partition coefficient (Wildman–Crippen LogP) is 1.66. The zero-order chi connectivity index (χ0) is 13.0. The number of hydrogen-bond acceptors (Lipinski definition) is 4. The zero-order valence-corrected chi connectivity index (χ0v) is 11.0. The average Bonchev–Trinajstić information content (AvgIpc) is 2.60. The van der Waals surface area contributed by atoms with E-state index in [0.29, 0.717) is 19.6 Å². The fourth-order valence-electron chi connectivity index (χ4n) is 2.01. The van der Waals surface area contributed by atoms with Crippen molar-refractivity contribution in [1.29, 1.82) is 0 Å². The number of fused-ring (bicyclic) bond motifs is 1. The second-order valence-corrected chi connectivity index (χ2v) is 4.84. The molecule has 0 radical (unpaired) electrons. The third-order valence-corrected chi connectivity index (χ3v) is 3.23. The lowest BCUT2D eigenvalue weighted by molar-refractivity contribution is 0.0482. The lowest BCUT2D eigenvalue weighted by atomic mass is 9.92. The van der Waals surface area contributed by atoms with E-state index in [1.165, 1.54) is 0 Å². The van der Waals surface area contributed by atoms with Gasteiger partial charge < -0.3 is 19.9 Å². The molecule has 100 valence electrons. The van der Waals surface area contributed by atoms with Gasteiger partial charge in [-0.3, -0.25) is 0 Å². The lowest BCUT2D eigenvalue weighted by Crippen LogP contribution is -2.26. The molecule has 1 aliphatic heterocycles. The minimum absolute atomic E-state index is 0.656. The fraction of sp³-hybridized carbons (Fsp3) is 0.571. The summed E-state index contributed by atoms with van der Waals surface area (Å²) in [6.45, 7) is 3.93. The van der Waals surface area contributed by atoms with Crippen LogP contribution in [0.15, 0.2) is 18.2 Å². The Morgan fingerprint density at radius 3 is 2.72 bits per heavy atom. The molecule has 2 N–H and O–H groups in total. The van der Waals surface area contributed by atoms with Crippen molar-refractivity contribution in [2.24, 2.45) is 0 Å². The molecule has 0 spiro atoms. The molecule has 0 amide bonds. The molecule has 0 bridgehead atoms. The second kappa shape index (κ2) is 5.59. The molecule has 1 heterocycles. The molecule has 0 aliphatic carbocycles. The van der Waals surface area contributed by atoms with Gasteiger partial charge in [0, 0.05) is 6.42 Å². The molecule has 1 aromatic rings. The van der Waals surface area contributed by atoms with Crippen LogP contribution in [0.5, 0.6) is 11.5 Å². The van der Waals surface area contributed by atoms with E-state index in [1.807, 2.05) is 32.2 Å². The molecular formula is C14H21NO3. The van der Waals surface area contributed by atoms with Gasteiger partial charge in [0.2, 0.25) is 0 Å². The van der Waals surface area contributed by atoms with Crippen molar-refractivity contribution >= 4 is 0 Å². The van der Waals surface area contributed by atoms with Crippen molar-refractivity contribution < 1.29 is 14.6 Å². The van der Waals surface area contributed by atoms with Crippen molar-refractivity contribution in [2.75, 3.05) is 26.8 Å². The molecule has 1 aromatic carbocycles. The van der Waals surface area contributed by atoms with E-state index in [-0.39, 0.29) is 0 Å². The standard InChI is InChI=1S/C14H21NO3/c1-14(16,6-7-15-2)11-4-5-12-13(10-11)18-9-3-8-17-12/h4-5,10,15-16H,3,6-9H2,1-2H3. The first-order valence-electron chi connectivity index (χ1n) is 6.40. The average molecular weight is 251 g/mol. The zero-order valence-electron chi connectivity index (χ0n) is 11.0. The first-order chi connectivity index (χ1) is 8.63. The van der Waals surface area contributed by atoms with Crippen LogP contribution in [0.3, 0.4) is 0 Å². The van der Waals surface area contributed by atoms with Gasteiger partial charge in [0.1, 0.15) is 0 Å². The van der Waals surface area contributed by atoms with Crippen molar-refractivity contribution in [3.63, 3.8) is 0 Å². The fourth-order valence-corrected chi connectivity index (χ4v) is 2.01. The van der Waals surface area contributed by atoms with E-state index in [1.54, 1.807) is 0 Å². The minimum atomic E-state index is -0.853. The maximum atomic E-state index is 10.5. The van der Waals surface area contributed by atoms with E-state index in [2.05, 4.69) is 5.32 Å². The summed E-state index contributed by atoms with van der Waals surface area (Å²) in [5.41, 5.74) is 0.00949. The Bertz CT molecular complexity index is 404. The van der Waals surface area contributed by atoms with E-state index < -0.39 is 5.60 Å². The maximum absolute atomic E-state index is 10.5. The molecule has 0 aromatic heterocycles. The number of benzene rings is 1. The molecule has 0 fully saturated rings. The van der Waals surface area contributed by atoms with E-state index in [4.69, 9.17) is 9.47 Å². The second-order valence-electron chi connectivity index (χ2n) is 4.84. The lowest BCUT2D eigenvalue weighted by Gasteiger charge is -2.24. The normalized spacial score (nSPS) is 17.9. The highest BCUT2D eigenvalue weighted by molar-refractivity contribution is 5.44. The quantitative estimate of drug-likeness (QED) is 0.854. The summed E-state index contributed by atoms with van der Waals surface area (Å²) in [5, 5.41) is 13.5. The highest BCUT2D eigenvalue weighted by Crippen LogP contribution is 2.35. The van der Waals surface area contributed by atoms with Gasteiger partial charge in [-0.2, -0.15) is 0 Å². The summed E-state index contributed by atoms with van der Waals surface area (Å²) < 4.78 is 11.2. The van der Waals surface area contributed by atoms with Crippen LogP contribution < -0.4 is 14.8 Å². The largest absolute Gasteiger partial charge is 0.490 e. The van der Waals surface area contributed by atoms with E-state index >= 15 is 0 Å². The van der Waals surface area contributed by atoms with Crippen LogP contribution in [0.25, 0.3) is 0 Å². The molecule has 18 heavy (non-hydrogen) atoms. The Morgan fingerprint density at radius 1 is 1.28 bits per heavy atom. The summed E-state index contributed by atoms with van der Waals surface area (Å²) in [6.07, 6.45) is 1.54. The number of nitrogens with one attached hydrogen (secondary N) is 1. The van der Waals surface area contributed by atoms with Gasteiger partial charge in [-0.15, -0.1) is 0 Å². The monoisotopic (exact) mass is 251 g/mol. The molecule has 2 rings (SSSR count). The van der Waals surface area contributed by atoms with E-state index in [9.17, 15) is 5.11 Å². The summed E-state index contributed by atoms with van der Waals surface area (Å²) in [7, 11) is 1.88. The highest BCUT2D eigenvalue weighted by Gasteiger charge is 2.24. The third kappa shape index (κ3) is 2.94. The number of ether oxygens (including phenoxy) is 2. The van der Waals surface area contributed by atoms with Crippen LogP contribution in [0.4, 0.5) is 0 Å². The maximum Gasteiger partial charge on any atom is 0.161 e. The number of rotatable bonds is 4.